The number of aliphatic hydroxyl groups excluding tert-OH is 1. The highest BCUT2D eigenvalue weighted by Crippen LogP contribution is 2.44. The fourth-order valence-electron chi connectivity index (χ4n) is 3.32. The van der Waals surface area contributed by atoms with Crippen molar-refractivity contribution in [3.63, 3.8) is 0 Å². The number of hydrogen-bond acceptors (Lipinski definition) is 3. The van der Waals surface area contributed by atoms with Crippen LogP contribution in [0.2, 0.25) is 0 Å². The van der Waals surface area contributed by atoms with E-state index in [0.717, 1.165) is 5.56 Å². The minimum absolute atomic E-state index is 0.0541. The summed E-state index contributed by atoms with van der Waals surface area (Å²) in [6.07, 6.45) is -0.770. The van der Waals surface area contributed by atoms with E-state index in [1.165, 1.54) is 0 Å². The maximum atomic E-state index is 12.7. The number of aliphatic hydroxyl groups is 1. The molecule has 1 heterocycles. The summed E-state index contributed by atoms with van der Waals surface area (Å²) >= 11 is 0. The molecule has 3 nitrogen and oxygen atoms in total. The first-order valence-corrected chi connectivity index (χ1v) is 11.0. The molecule has 4 heteroatoms. The van der Waals surface area contributed by atoms with Crippen LogP contribution in [-0.4, -0.2) is 25.4 Å². The van der Waals surface area contributed by atoms with Crippen LogP contribution in [-0.2, 0) is 9.84 Å². The molecule has 0 saturated carbocycles. The number of hydrogen-bond donors (Lipinski definition) is 1. The van der Waals surface area contributed by atoms with Gasteiger partial charge in [0.2, 0.25) is 0 Å². The minimum Gasteiger partial charge on any atom is -0.392 e. The Labute approximate surface area is 159 Å². The monoisotopic (exact) mass is 376 g/mol. The molecule has 2 unspecified atom stereocenters. The van der Waals surface area contributed by atoms with Gasteiger partial charge >= 0.3 is 0 Å². The molecular weight excluding hydrogens is 344 g/mol. The van der Waals surface area contributed by atoms with Gasteiger partial charge in [0.05, 0.1) is 16.8 Å². The van der Waals surface area contributed by atoms with Crippen molar-refractivity contribution >= 4 is 9.84 Å². The van der Waals surface area contributed by atoms with Crippen LogP contribution in [0.5, 0.6) is 0 Å². The number of sulfone groups is 1. The highest BCUT2D eigenvalue weighted by atomic mass is 32.2. The standard InChI is InChI=1S/C18H20O3S.2C2H6/c1-18(2)12-22(20,21)15-11-7-6-10-14(15)16(17(18)19)13-8-4-3-5-9-13;2*1-2/h3-11,16-17,19H,12H2,1-2H3;2*1-2H3. The van der Waals surface area contributed by atoms with Crippen LogP contribution in [0.25, 0.3) is 0 Å². The molecule has 0 radical (unpaired) electrons. The summed E-state index contributed by atoms with van der Waals surface area (Å²) in [5.74, 6) is -0.397. The maximum absolute atomic E-state index is 12.7. The van der Waals surface area contributed by atoms with E-state index in [2.05, 4.69) is 0 Å². The number of rotatable bonds is 1. The van der Waals surface area contributed by atoms with E-state index in [1.54, 1.807) is 12.1 Å². The molecule has 0 spiro atoms. The van der Waals surface area contributed by atoms with Gasteiger partial charge in [-0.15, -0.1) is 0 Å². The normalized spacial score (nSPS) is 22.4. The van der Waals surface area contributed by atoms with Gasteiger partial charge < -0.3 is 5.11 Å². The maximum Gasteiger partial charge on any atom is 0.179 e. The zero-order chi connectivity index (χ0) is 20.0. The van der Waals surface area contributed by atoms with E-state index in [9.17, 15) is 13.5 Å². The average Bonchev–Trinajstić information content (AvgIpc) is 2.71. The summed E-state index contributed by atoms with van der Waals surface area (Å²) < 4.78 is 25.4. The first kappa shape index (κ1) is 22.4. The molecule has 0 amide bonds. The minimum atomic E-state index is -3.42. The van der Waals surface area contributed by atoms with E-state index >= 15 is 0 Å². The van der Waals surface area contributed by atoms with Gasteiger partial charge in [-0.3, -0.25) is 0 Å². The van der Waals surface area contributed by atoms with E-state index in [1.807, 2.05) is 84.0 Å². The molecule has 0 aromatic heterocycles. The molecule has 2 aromatic carbocycles. The first-order valence-electron chi connectivity index (χ1n) is 9.38. The molecular formula is C22H32O3S. The molecule has 0 bridgehead atoms. The van der Waals surface area contributed by atoms with Crippen molar-refractivity contribution in [2.75, 3.05) is 5.75 Å². The SMILES string of the molecule is CC.CC.CC1(C)CS(=O)(=O)c2ccccc2C(c2ccccc2)C1O. The van der Waals surface area contributed by atoms with Crippen molar-refractivity contribution < 1.29 is 13.5 Å². The molecule has 0 fully saturated rings. The molecule has 1 N–H and O–H groups in total. The molecule has 144 valence electrons. The Bertz CT molecular complexity index is 780. The van der Waals surface area contributed by atoms with E-state index in [-0.39, 0.29) is 11.7 Å². The van der Waals surface area contributed by atoms with Crippen molar-refractivity contribution in [2.45, 2.75) is 58.5 Å². The number of fused-ring (bicyclic) bond motifs is 1. The van der Waals surface area contributed by atoms with Gasteiger partial charge in [-0.1, -0.05) is 90.1 Å². The molecule has 0 saturated heterocycles. The summed E-state index contributed by atoms with van der Waals surface area (Å²) in [6.45, 7) is 11.6. The second kappa shape index (κ2) is 9.33. The van der Waals surface area contributed by atoms with Gasteiger partial charge in [-0.05, 0) is 17.2 Å². The van der Waals surface area contributed by atoms with E-state index < -0.39 is 21.4 Å². The summed E-state index contributed by atoms with van der Waals surface area (Å²) in [7, 11) is -3.42. The molecule has 1 aliphatic heterocycles. The smallest absolute Gasteiger partial charge is 0.179 e. The highest BCUT2D eigenvalue weighted by molar-refractivity contribution is 7.91. The first-order chi connectivity index (χ1) is 12.3. The van der Waals surface area contributed by atoms with Gasteiger partial charge in [0.1, 0.15) is 0 Å². The Kier molecular flexibility index (Phi) is 8.04. The third-order valence-corrected chi connectivity index (χ3v) is 6.59. The lowest BCUT2D eigenvalue weighted by Crippen LogP contribution is -2.37. The van der Waals surface area contributed by atoms with Gasteiger partial charge in [-0.25, -0.2) is 8.42 Å². The van der Waals surface area contributed by atoms with Crippen LogP contribution < -0.4 is 0 Å². The zero-order valence-corrected chi connectivity index (χ0v) is 17.5. The Morgan fingerprint density at radius 1 is 0.885 bits per heavy atom. The summed E-state index contributed by atoms with van der Waals surface area (Å²) in [5, 5.41) is 10.9. The topological polar surface area (TPSA) is 54.4 Å². The quantitative estimate of drug-likeness (QED) is 0.758. The third kappa shape index (κ3) is 4.54. The van der Waals surface area contributed by atoms with Crippen LogP contribution in [0.4, 0.5) is 0 Å². The third-order valence-electron chi connectivity index (χ3n) is 4.43. The molecule has 2 atom stereocenters. The molecule has 3 rings (SSSR count). The van der Waals surface area contributed by atoms with Gasteiger partial charge in [0.25, 0.3) is 0 Å². The van der Waals surface area contributed by atoms with Gasteiger partial charge in [0, 0.05) is 11.3 Å². The van der Waals surface area contributed by atoms with E-state index in [0.29, 0.717) is 10.5 Å². The second-order valence-corrected chi connectivity index (χ2v) is 8.58. The van der Waals surface area contributed by atoms with Crippen molar-refractivity contribution in [1.29, 1.82) is 0 Å². The van der Waals surface area contributed by atoms with Crippen molar-refractivity contribution in [2.24, 2.45) is 5.41 Å². The van der Waals surface area contributed by atoms with Crippen LogP contribution in [0, 0.1) is 5.41 Å². The number of benzene rings is 2. The Morgan fingerprint density at radius 3 is 1.96 bits per heavy atom. The lowest BCUT2D eigenvalue weighted by Gasteiger charge is -2.33. The fraction of sp³-hybridized carbons (Fsp3) is 0.455. The van der Waals surface area contributed by atoms with Gasteiger partial charge in [-0.2, -0.15) is 0 Å². The lowest BCUT2D eigenvalue weighted by atomic mass is 9.75. The van der Waals surface area contributed by atoms with E-state index in [4.69, 9.17) is 0 Å². The Morgan fingerprint density at radius 2 is 1.38 bits per heavy atom. The summed E-state index contributed by atoms with van der Waals surface area (Å²) in [5.41, 5.74) is 0.901. The van der Waals surface area contributed by atoms with Gasteiger partial charge in [0.15, 0.2) is 9.84 Å². The molecule has 2 aromatic rings. The lowest BCUT2D eigenvalue weighted by molar-refractivity contribution is 0.0521. The predicted octanol–water partition coefficient (Wildman–Crippen LogP) is 5.05. The van der Waals surface area contributed by atoms with Crippen LogP contribution in [0.15, 0.2) is 59.5 Å². The largest absolute Gasteiger partial charge is 0.392 e. The van der Waals surface area contributed by atoms with Crippen LogP contribution in [0.1, 0.15) is 58.6 Å². The second-order valence-electron chi connectivity index (χ2n) is 6.62. The summed E-state index contributed by atoms with van der Waals surface area (Å²) in [4.78, 5) is 0.341. The molecule has 1 aliphatic rings. The van der Waals surface area contributed by atoms with Crippen LogP contribution in [0.3, 0.4) is 0 Å². The van der Waals surface area contributed by atoms with Crippen molar-refractivity contribution in [1.82, 2.24) is 0 Å². The van der Waals surface area contributed by atoms with Crippen molar-refractivity contribution in [3.8, 4) is 0 Å². The average molecular weight is 377 g/mol. The van der Waals surface area contributed by atoms with Crippen molar-refractivity contribution in [3.05, 3.63) is 65.7 Å². The molecule has 0 aliphatic carbocycles. The highest BCUT2D eigenvalue weighted by Gasteiger charge is 2.44. The van der Waals surface area contributed by atoms with Crippen LogP contribution >= 0.6 is 0 Å². The predicted molar refractivity (Wildman–Crippen MR) is 109 cm³/mol. The fourth-order valence-corrected chi connectivity index (χ4v) is 5.46. The summed E-state index contributed by atoms with van der Waals surface area (Å²) in [6, 6.07) is 16.7. The Balaban J connectivity index is 0.000000791. The molecule has 26 heavy (non-hydrogen) atoms. The Hall–Kier alpha value is -1.65. The zero-order valence-electron chi connectivity index (χ0n) is 16.7.